The molecular weight excluding hydrogens is 190 g/mol. The zero-order valence-corrected chi connectivity index (χ0v) is 9.67. The first kappa shape index (κ1) is 12.3. The van der Waals surface area contributed by atoms with Gasteiger partial charge in [-0.3, -0.25) is 4.99 Å². The third-order valence-corrected chi connectivity index (χ3v) is 2.59. The second-order valence-corrected chi connectivity index (χ2v) is 3.97. The first-order chi connectivity index (χ1) is 7.33. The van der Waals surface area contributed by atoms with Crippen LogP contribution >= 0.6 is 0 Å². The summed E-state index contributed by atoms with van der Waals surface area (Å²) in [5.74, 6) is 0.571. The fourth-order valence-electron chi connectivity index (χ4n) is 1.65. The van der Waals surface area contributed by atoms with Crippen LogP contribution in [0.3, 0.4) is 0 Å². The van der Waals surface area contributed by atoms with Crippen molar-refractivity contribution in [2.75, 3.05) is 19.7 Å². The van der Waals surface area contributed by atoms with E-state index in [1.165, 1.54) is 12.8 Å². The van der Waals surface area contributed by atoms with Gasteiger partial charge in [0.2, 0.25) is 0 Å². The smallest absolute Gasteiger partial charge is 0.188 e. The van der Waals surface area contributed by atoms with Gasteiger partial charge in [0, 0.05) is 19.7 Å². The van der Waals surface area contributed by atoms with E-state index in [-0.39, 0.29) is 0 Å². The van der Waals surface area contributed by atoms with Crippen LogP contribution in [0.15, 0.2) is 4.99 Å². The number of guanidine groups is 1. The minimum absolute atomic E-state index is 0.431. The van der Waals surface area contributed by atoms with Crippen LogP contribution in [0.4, 0.5) is 0 Å². The number of aliphatic imine (C=N–C) groups is 1. The Kier molecular flexibility index (Phi) is 6.16. The van der Waals surface area contributed by atoms with Crippen LogP contribution in [0, 0.1) is 0 Å². The number of hydrogen-bond acceptors (Lipinski definition) is 2. The molecule has 1 atom stereocenters. The molecule has 4 nitrogen and oxygen atoms in total. The van der Waals surface area contributed by atoms with E-state index in [0.717, 1.165) is 39.0 Å². The molecule has 3 N–H and O–H groups in total. The standard InChI is InChI=1S/C11H23N3O/c1-2-3-7-13-11(12)14-8-6-10-5-4-9-15-10/h10H,2-9H2,1H3,(H3,12,13,14)/t10-/m0/s1. The summed E-state index contributed by atoms with van der Waals surface area (Å²) in [6.07, 6.45) is 6.12. The van der Waals surface area contributed by atoms with E-state index < -0.39 is 0 Å². The molecule has 1 rings (SSSR count). The van der Waals surface area contributed by atoms with Crippen LogP contribution in [0.25, 0.3) is 0 Å². The zero-order valence-electron chi connectivity index (χ0n) is 9.67. The third-order valence-electron chi connectivity index (χ3n) is 2.59. The van der Waals surface area contributed by atoms with Gasteiger partial charge in [-0.05, 0) is 25.7 Å². The second kappa shape index (κ2) is 7.51. The number of rotatable bonds is 6. The van der Waals surface area contributed by atoms with Crippen molar-refractivity contribution in [3.05, 3.63) is 0 Å². The zero-order chi connectivity index (χ0) is 10.9. The van der Waals surface area contributed by atoms with Crippen molar-refractivity contribution in [1.29, 1.82) is 0 Å². The lowest BCUT2D eigenvalue weighted by molar-refractivity contribution is 0.105. The summed E-state index contributed by atoms with van der Waals surface area (Å²) in [7, 11) is 0. The molecule has 0 saturated carbocycles. The summed E-state index contributed by atoms with van der Waals surface area (Å²) in [4.78, 5) is 4.22. The average Bonchev–Trinajstić information content (AvgIpc) is 2.71. The minimum atomic E-state index is 0.431. The Morgan fingerprint density at radius 1 is 1.60 bits per heavy atom. The largest absolute Gasteiger partial charge is 0.378 e. The molecule has 1 saturated heterocycles. The second-order valence-electron chi connectivity index (χ2n) is 3.97. The topological polar surface area (TPSA) is 59.6 Å². The Morgan fingerprint density at radius 2 is 2.47 bits per heavy atom. The van der Waals surface area contributed by atoms with Crippen molar-refractivity contribution in [1.82, 2.24) is 5.32 Å². The Labute approximate surface area is 92.3 Å². The van der Waals surface area contributed by atoms with E-state index in [1.54, 1.807) is 0 Å². The van der Waals surface area contributed by atoms with Gasteiger partial charge < -0.3 is 15.8 Å². The highest BCUT2D eigenvalue weighted by Crippen LogP contribution is 2.14. The average molecular weight is 213 g/mol. The van der Waals surface area contributed by atoms with Crippen LogP contribution in [0.1, 0.15) is 39.0 Å². The SMILES string of the molecule is CCCCN=C(N)NCC[C@@H]1CCCO1. The van der Waals surface area contributed by atoms with Crippen molar-refractivity contribution in [3.8, 4) is 0 Å². The molecule has 0 unspecified atom stereocenters. The van der Waals surface area contributed by atoms with E-state index >= 15 is 0 Å². The fourth-order valence-corrected chi connectivity index (χ4v) is 1.65. The first-order valence-corrected chi connectivity index (χ1v) is 5.98. The normalized spacial score (nSPS) is 21.9. The number of hydrogen-bond donors (Lipinski definition) is 2. The Bertz CT molecular complexity index is 188. The Hall–Kier alpha value is -0.770. The molecule has 4 heteroatoms. The lowest BCUT2D eigenvalue weighted by Crippen LogP contribution is -2.33. The van der Waals surface area contributed by atoms with E-state index in [2.05, 4.69) is 17.2 Å². The molecule has 0 aromatic heterocycles. The van der Waals surface area contributed by atoms with Gasteiger partial charge in [-0.15, -0.1) is 0 Å². The molecule has 88 valence electrons. The maximum absolute atomic E-state index is 5.70. The van der Waals surface area contributed by atoms with Gasteiger partial charge in [-0.25, -0.2) is 0 Å². The van der Waals surface area contributed by atoms with Crippen molar-refractivity contribution in [2.45, 2.75) is 45.1 Å². The van der Waals surface area contributed by atoms with E-state index in [4.69, 9.17) is 10.5 Å². The molecule has 0 amide bonds. The van der Waals surface area contributed by atoms with Gasteiger partial charge in [0.15, 0.2) is 5.96 Å². The first-order valence-electron chi connectivity index (χ1n) is 5.98. The number of nitrogens with two attached hydrogens (primary N) is 1. The van der Waals surface area contributed by atoms with Crippen LogP contribution in [0.2, 0.25) is 0 Å². The van der Waals surface area contributed by atoms with Crippen LogP contribution in [-0.4, -0.2) is 31.8 Å². The molecule has 1 fully saturated rings. The molecule has 0 aliphatic carbocycles. The monoisotopic (exact) mass is 213 g/mol. The summed E-state index contributed by atoms with van der Waals surface area (Å²) in [5, 5.41) is 3.12. The predicted molar refractivity (Wildman–Crippen MR) is 63.0 cm³/mol. The predicted octanol–water partition coefficient (Wildman–Crippen LogP) is 1.26. The fraction of sp³-hybridized carbons (Fsp3) is 0.909. The molecule has 15 heavy (non-hydrogen) atoms. The summed E-state index contributed by atoms with van der Waals surface area (Å²) in [6, 6.07) is 0. The van der Waals surface area contributed by atoms with Crippen LogP contribution in [0.5, 0.6) is 0 Å². The van der Waals surface area contributed by atoms with Crippen molar-refractivity contribution in [2.24, 2.45) is 10.7 Å². The lowest BCUT2D eigenvalue weighted by Gasteiger charge is -2.10. The quantitative estimate of drug-likeness (QED) is 0.397. The third kappa shape index (κ3) is 5.62. The Morgan fingerprint density at radius 3 is 3.13 bits per heavy atom. The maximum atomic E-state index is 5.70. The maximum Gasteiger partial charge on any atom is 0.188 e. The van der Waals surface area contributed by atoms with Crippen LogP contribution < -0.4 is 11.1 Å². The van der Waals surface area contributed by atoms with Gasteiger partial charge >= 0.3 is 0 Å². The summed E-state index contributed by atoms with van der Waals surface area (Å²) in [5.41, 5.74) is 5.70. The highest BCUT2D eigenvalue weighted by molar-refractivity contribution is 5.77. The van der Waals surface area contributed by atoms with Gasteiger partial charge in [0.25, 0.3) is 0 Å². The molecule has 0 aromatic carbocycles. The molecule has 1 aliphatic rings. The van der Waals surface area contributed by atoms with Gasteiger partial charge in [-0.1, -0.05) is 13.3 Å². The highest BCUT2D eigenvalue weighted by atomic mass is 16.5. The van der Waals surface area contributed by atoms with Crippen molar-refractivity contribution in [3.63, 3.8) is 0 Å². The highest BCUT2D eigenvalue weighted by Gasteiger charge is 2.14. The number of nitrogens with zero attached hydrogens (tertiary/aromatic N) is 1. The van der Waals surface area contributed by atoms with Gasteiger partial charge in [-0.2, -0.15) is 0 Å². The number of nitrogens with one attached hydrogen (secondary N) is 1. The minimum Gasteiger partial charge on any atom is -0.378 e. The van der Waals surface area contributed by atoms with Gasteiger partial charge in [0.1, 0.15) is 0 Å². The van der Waals surface area contributed by atoms with E-state index in [1.807, 2.05) is 0 Å². The van der Waals surface area contributed by atoms with Crippen molar-refractivity contribution < 1.29 is 4.74 Å². The van der Waals surface area contributed by atoms with Crippen molar-refractivity contribution >= 4 is 5.96 Å². The molecule has 1 heterocycles. The van der Waals surface area contributed by atoms with Crippen LogP contribution in [-0.2, 0) is 4.74 Å². The number of ether oxygens (including phenoxy) is 1. The molecule has 0 spiro atoms. The molecular formula is C11H23N3O. The lowest BCUT2D eigenvalue weighted by atomic mass is 10.2. The summed E-state index contributed by atoms with van der Waals surface area (Å²) in [6.45, 7) is 4.77. The molecule has 0 bridgehead atoms. The van der Waals surface area contributed by atoms with Gasteiger partial charge in [0.05, 0.1) is 6.10 Å². The van der Waals surface area contributed by atoms with E-state index in [9.17, 15) is 0 Å². The number of unbranched alkanes of at least 4 members (excludes halogenated alkanes) is 1. The summed E-state index contributed by atoms with van der Waals surface area (Å²) < 4.78 is 5.51. The van der Waals surface area contributed by atoms with E-state index in [0.29, 0.717) is 12.1 Å². The Balaban J connectivity index is 2.00. The molecule has 0 radical (unpaired) electrons. The molecule has 0 aromatic rings. The summed E-state index contributed by atoms with van der Waals surface area (Å²) >= 11 is 0. The molecule has 1 aliphatic heterocycles.